The highest BCUT2D eigenvalue weighted by Gasteiger charge is 2.33. The van der Waals surface area contributed by atoms with Crippen LogP contribution < -0.4 is 9.64 Å². The molecule has 1 fully saturated rings. The highest BCUT2D eigenvalue weighted by atomic mass is 35.5. The van der Waals surface area contributed by atoms with Crippen molar-refractivity contribution in [2.45, 2.75) is 0 Å². The highest BCUT2D eigenvalue weighted by molar-refractivity contribution is 8.27. The summed E-state index contributed by atoms with van der Waals surface area (Å²) < 4.78 is 18.9. The van der Waals surface area contributed by atoms with Gasteiger partial charge in [-0.1, -0.05) is 47.7 Å². The Morgan fingerprint density at radius 1 is 1.29 bits per heavy atom. The molecule has 1 amide bonds. The van der Waals surface area contributed by atoms with E-state index in [1.54, 1.807) is 13.2 Å². The van der Waals surface area contributed by atoms with E-state index in [1.807, 2.05) is 24.3 Å². The molecule has 1 aliphatic heterocycles. The van der Waals surface area contributed by atoms with Gasteiger partial charge in [-0.05, 0) is 42.0 Å². The molecule has 2 aromatic carbocycles. The Kier molecular flexibility index (Phi) is 4.89. The first kappa shape index (κ1) is 17.0. The Bertz CT molecular complexity index is 869. The van der Waals surface area contributed by atoms with Gasteiger partial charge in [-0.2, -0.15) is 0 Å². The number of carbonyl (C=O) groups excluding carboxylic acids is 1. The van der Waals surface area contributed by atoms with Crippen molar-refractivity contribution >= 4 is 57.6 Å². The standard InChI is InChI=1S/C17H11ClFNO2S2/c1-22-12-4-2-3-10(7-12)8-15-16(21)20(17(23)24-15)11-5-6-14(19)13(18)9-11/h2-9H,1H3. The Labute approximate surface area is 153 Å². The summed E-state index contributed by atoms with van der Waals surface area (Å²) in [5.41, 5.74) is 1.27. The average Bonchev–Trinajstić information content (AvgIpc) is 2.84. The summed E-state index contributed by atoms with van der Waals surface area (Å²) in [6.45, 7) is 0. The van der Waals surface area contributed by atoms with Crippen LogP contribution in [-0.4, -0.2) is 17.3 Å². The van der Waals surface area contributed by atoms with Gasteiger partial charge in [0.2, 0.25) is 0 Å². The molecule has 24 heavy (non-hydrogen) atoms. The van der Waals surface area contributed by atoms with E-state index in [-0.39, 0.29) is 10.9 Å². The number of anilines is 1. The fraction of sp³-hybridized carbons (Fsp3) is 0.0588. The van der Waals surface area contributed by atoms with E-state index in [0.29, 0.717) is 20.7 Å². The molecule has 122 valence electrons. The van der Waals surface area contributed by atoms with Gasteiger partial charge in [0.15, 0.2) is 4.32 Å². The lowest BCUT2D eigenvalue weighted by Crippen LogP contribution is -2.27. The topological polar surface area (TPSA) is 29.5 Å². The van der Waals surface area contributed by atoms with Crippen LogP contribution in [0, 0.1) is 5.82 Å². The molecule has 0 radical (unpaired) electrons. The maximum atomic E-state index is 13.3. The molecule has 0 bridgehead atoms. The SMILES string of the molecule is COc1cccc(C=C2SC(=S)N(c3ccc(F)c(Cl)c3)C2=O)c1. The smallest absolute Gasteiger partial charge is 0.270 e. The van der Waals surface area contributed by atoms with E-state index in [0.717, 1.165) is 5.56 Å². The number of thioether (sulfide) groups is 1. The predicted molar refractivity (Wildman–Crippen MR) is 100 cm³/mol. The fourth-order valence-electron chi connectivity index (χ4n) is 2.20. The van der Waals surface area contributed by atoms with Crippen molar-refractivity contribution in [3.8, 4) is 5.75 Å². The minimum atomic E-state index is -0.544. The third kappa shape index (κ3) is 3.31. The highest BCUT2D eigenvalue weighted by Crippen LogP contribution is 2.37. The van der Waals surface area contributed by atoms with Crippen LogP contribution in [0.3, 0.4) is 0 Å². The van der Waals surface area contributed by atoms with Crippen LogP contribution in [0.15, 0.2) is 47.4 Å². The van der Waals surface area contributed by atoms with Gasteiger partial charge in [0.25, 0.3) is 5.91 Å². The van der Waals surface area contributed by atoms with Gasteiger partial charge in [-0.3, -0.25) is 9.69 Å². The first-order valence-corrected chi connectivity index (χ1v) is 8.47. The summed E-state index contributed by atoms with van der Waals surface area (Å²) in [4.78, 5) is 14.5. The van der Waals surface area contributed by atoms with Crippen LogP contribution in [0.25, 0.3) is 6.08 Å². The van der Waals surface area contributed by atoms with Crippen molar-refractivity contribution in [3.05, 3.63) is 63.8 Å². The lowest BCUT2D eigenvalue weighted by Gasteiger charge is -2.14. The largest absolute Gasteiger partial charge is 0.497 e. The average molecular weight is 380 g/mol. The summed E-state index contributed by atoms with van der Waals surface area (Å²) in [5.74, 6) is -0.113. The van der Waals surface area contributed by atoms with Gasteiger partial charge in [-0.15, -0.1) is 0 Å². The minimum absolute atomic E-state index is 0.0571. The maximum absolute atomic E-state index is 13.3. The molecule has 0 unspecified atom stereocenters. The van der Waals surface area contributed by atoms with Crippen molar-refractivity contribution < 1.29 is 13.9 Å². The van der Waals surface area contributed by atoms with E-state index < -0.39 is 5.82 Å². The van der Waals surface area contributed by atoms with Crippen LogP contribution in [-0.2, 0) is 4.79 Å². The number of ether oxygens (including phenoxy) is 1. The second-order valence-electron chi connectivity index (χ2n) is 4.89. The number of hydrogen-bond donors (Lipinski definition) is 0. The predicted octanol–water partition coefficient (Wildman–Crippen LogP) is 4.89. The van der Waals surface area contributed by atoms with Crippen molar-refractivity contribution in [1.82, 2.24) is 0 Å². The Balaban J connectivity index is 1.93. The normalized spacial score (nSPS) is 16.1. The molecule has 3 nitrogen and oxygen atoms in total. The third-order valence-electron chi connectivity index (χ3n) is 3.35. The fourth-order valence-corrected chi connectivity index (χ4v) is 3.67. The van der Waals surface area contributed by atoms with Gasteiger partial charge < -0.3 is 4.74 Å². The van der Waals surface area contributed by atoms with E-state index >= 15 is 0 Å². The molecule has 1 aliphatic rings. The second kappa shape index (κ2) is 6.93. The first-order chi connectivity index (χ1) is 11.5. The number of rotatable bonds is 3. The third-order valence-corrected chi connectivity index (χ3v) is 4.94. The van der Waals surface area contributed by atoms with E-state index in [9.17, 15) is 9.18 Å². The van der Waals surface area contributed by atoms with Crippen LogP contribution in [0.1, 0.15) is 5.56 Å². The number of nitrogens with zero attached hydrogens (tertiary/aromatic N) is 1. The molecule has 0 atom stereocenters. The lowest BCUT2D eigenvalue weighted by atomic mass is 10.2. The van der Waals surface area contributed by atoms with Crippen molar-refractivity contribution in [2.24, 2.45) is 0 Å². The summed E-state index contributed by atoms with van der Waals surface area (Å²) >= 11 is 12.3. The molecule has 0 saturated carbocycles. The lowest BCUT2D eigenvalue weighted by molar-refractivity contribution is -0.113. The molecule has 0 N–H and O–H groups in total. The molecule has 2 aromatic rings. The zero-order valence-electron chi connectivity index (χ0n) is 12.5. The second-order valence-corrected chi connectivity index (χ2v) is 6.98. The van der Waals surface area contributed by atoms with Crippen molar-refractivity contribution in [2.75, 3.05) is 12.0 Å². The van der Waals surface area contributed by atoms with E-state index in [4.69, 9.17) is 28.6 Å². The summed E-state index contributed by atoms with van der Waals surface area (Å²) in [6, 6.07) is 11.4. The molecule has 0 spiro atoms. The van der Waals surface area contributed by atoms with Gasteiger partial charge in [0, 0.05) is 0 Å². The minimum Gasteiger partial charge on any atom is -0.497 e. The molecule has 0 aromatic heterocycles. The number of methoxy groups -OCH3 is 1. The number of amides is 1. The van der Waals surface area contributed by atoms with Crippen molar-refractivity contribution in [1.29, 1.82) is 0 Å². The molecular formula is C17H11ClFNO2S2. The van der Waals surface area contributed by atoms with Gasteiger partial charge in [0.1, 0.15) is 11.6 Å². The number of carbonyl (C=O) groups is 1. The quantitative estimate of drug-likeness (QED) is 0.560. The van der Waals surface area contributed by atoms with E-state index in [1.165, 1.54) is 34.9 Å². The number of hydrogen-bond acceptors (Lipinski definition) is 4. The molecule has 1 heterocycles. The zero-order chi connectivity index (χ0) is 17.3. The molecule has 7 heteroatoms. The van der Waals surface area contributed by atoms with Gasteiger partial charge >= 0.3 is 0 Å². The number of halogens is 2. The van der Waals surface area contributed by atoms with Crippen molar-refractivity contribution in [3.63, 3.8) is 0 Å². The Morgan fingerprint density at radius 3 is 2.79 bits per heavy atom. The van der Waals surface area contributed by atoms with Gasteiger partial charge in [-0.25, -0.2) is 4.39 Å². The molecule has 3 rings (SSSR count). The molecule has 0 aliphatic carbocycles. The Hall–Kier alpha value is -1.89. The van der Waals surface area contributed by atoms with Crippen LogP contribution in [0.4, 0.5) is 10.1 Å². The zero-order valence-corrected chi connectivity index (χ0v) is 14.8. The van der Waals surface area contributed by atoms with E-state index in [2.05, 4.69) is 0 Å². The van der Waals surface area contributed by atoms with Crippen LogP contribution in [0.2, 0.25) is 5.02 Å². The van der Waals surface area contributed by atoms with Crippen LogP contribution >= 0.6 is 35.6 Å². The summed E-state index contributed by atoms with van der Waals surface area (Å²) in [7, 11) is 1.58. The number of benzene rings is 2. The van der Waals surface area contributed by atoms with Crippen LogP contribution in [0.5, 0.6) is 5.75 Å². The first-order valence-electron chi connectivity index (χ1n) is 6.86. The Morgan fingerprint density at radius 2 is 2.08 bits per heavy atom. The maximum Gasteiger partial charge on any atom is 0.270 e. The number of thiocarbonyl (C=S) groups is 1. The summed E-state index contributed by atoms with van der Waals surface area (Å²) in [5, 5.41) is -0.0571. The monoisotopic (exact) mass is 379 g/mol. The summed E-state index contributed by atoms with van der Waals surface area (Å²) in [6.07, 6.45) is 1.74. The van der Waals surface area contributed by atoms with Gasteiger partial charge in [0.05, 0.1) is 22.7 Å². The molecular weight excluding hydrogens is 369 g/mol. The molecule has 1 saturated heterocycles.